The smallest absolute Gasteiger partial charge is 0.407 e. The second kappa shape index (κ2) is 9.56. The van der Waals surface area contributed by atoms with E-state index in [1.54, 1.807) is 7.11 Å². The Morgan fingerprint density at radius 3 is 2.62 bits per heavy atom. The van der Waals surface area contributed by atoms with Crippen LogP contribution in [0.3, 0.4) is 0 Å². The lowest BCUT2D eigenvalue weighted by Gasteiger charge is -2.46. The zero-order chi connectivity index (χ0) is 26.4. The van der Waals surface area contributed by atoms with E-state index < -0.39 is 11.6 Å². The van der Waals surface area contributed by atoms with Crippen LogP contribution in [0.15, 0.2) is 36.4 Å². The largest absolute Gasteiger partial charge is 0.481 e. The van der Waals surface area contributed by atoms with Crippen LogP contribution in [0.25, 0.3) is 10.8 Å². The van der Waals surface area contributed by atoms with Gasteiger partial charge in [0.2, 0.25) is 5.88 Å². The average Bonchev–Trinajstić information content (AvgIpc) is 3.32. The number of fused-ring (bicyclic) bond motifs is 2. The van der Waals surface area contributed by atoms with Gasteiger partial charge in [0.15, 0.2) is 0 Å². The van der Waals surface area contributed by atoms with Gasteiger partial charge < -0.3 is 19.5 Å². The Hall–Kier alpha value is -3.26. The lowest BCUT2D eigenvalue weighted by atomic mass is 9.72. The lowest BCUT2D eigenvalue weighted by molar-refractivity contribution is -0.00622. The van der Waals surface area contributed by atoms with Gasteiger partial charge in [0.1, 0.15) is 6.61 Å². The minimum absolute atomic E-state index is 0.174. The number of benzene rings is 2. The Labute approximate surface area is 222 Å². The van der Waals surface area contributed by atoms with Crippen LogP contribution < -0.4 is 14.4 Å². The van der Waals surface area contributed by atoms with Crippen molar-refractivity contribution in [2.45, 2.75) is 52.1 Å². The minimum Gasteiger partial charge on any atom is -0.481 e. The van der Waals surface area contributed by atoms with Crippen LogP contribution in [0.1, 0.15) is 44.9 Å². The van der Waals surface area contributed by atoms with Gasteiger partial charge in [-0.25, -0.2) is 4.79 Å². The molecule has 1 amide bonds. The van der Waals surface area contributed by atoms with E-state index in [2.05, 4.69) is 48.9 Å². The molecule has 1 fully saturated rings. The number of likely N-dealkylation sites (tertiary alicyclic amines) is 1. The maximum atomic E-state index is 12.1. The lowest BCUT2D eigenvalue weighted by Crippen LogP contribution is -2.59. The number of halogens is 1. The summed E-state index contributed by atoms with van der Waals surface area (Å²) in [7, 11) is 1.60. The fourth-order valence-corrected chi connectivity index (χ4v) is 6.12. The summed E-state index contributed by atoms with van der Waals surface area (Å²) < 4.78 is 11.8. The van der Waals surface area contributed by atoms with E-state index in [1.165, 1.54) is 4.90 Å². The molecule has 2 aromatic carbocycles. The first-order valence-electron chi connectivity index (χ1n) is 12.6. The summed E-state index contributed by atoms with van der Waals surface area (Å²) in [5.74, 6) is 0.502. The quantitative estimate of drug-likeness (QED) is 0.451. The van der Waals surface area contributed by atoms with Crippen molar-refractivity contribution in [3.8, 4) is 11.9 Å². The van der Waals surface area contributed by atoms with E-state index in [-0.39, 0.29) is 18.0 Å². The number of ether oxygens (including phenoxy) is 2. The summed E-state index contributed by atoms with van der Waals surface area (Å²) in [5, 5.41) is 12.7. The molecular formula is C28H33ClN4O4. The zero-order valence-corrected chi connectivity index (χ0v) is 22.5. The maximum Gasteiger partial charge on any atom is 0.407 e. The van der Waals surface area contributed by atoms with Crippen LogP contribution in [-0.2, 0) is 13.0 Å². The van der Waals surface area contributed by atoms with E-state index >= 15 is 0 Å². The molecule has 37 heavy (non-hydrogen) atoms. The summed E-state index contributed by atoms with van der Waals surface area (Å²) in [6.45, 7) is 8.16. The molecule has 9 heteroatoms. The molecule has 0 saturated carbocycles. The molecule has 1 aromatic heterocycles. The first-order chi connectivity index (χ1) is 17.6. The Morgan fingerprint density at radius 2 is 1.92 bits per heavy atom. The Bertz CT molecular complexity index is 1340. The third kappa shape index (κ3) is 4.41. The Kier molecular flexibility index (Phi) is 6.56. The number of aromatic nitrogens is 2. The van der Waals surface area contributed by atoms with Crippen LogP contribution in [0.4, 0.5) is 10.5 Å². The molecule has 196 valence electrons. The van der Waals surface area contributed by atoms with Crippen molar-refractivity contribution in [2.24, 2.45) is 5.41 Å². The summed E-state index contributed by atoms with van der Waals surface area (Å²) in [6, 6.07) is 12.3. The van der Waals surface area contributed by atoms with E-state index in [0.29, 0.717) is 19.0 Å². The summed E-state index contributed by atoms with van der Waals surface area (Å²) in [5.41, 5.74) is 1.87. The number of rotatable bonds is 5. The molecule has 2 aliphatic rings. The molecule has 5 rings (SSSR count). The predicted octanol–water partition coefficient (Wildman–Crippen LogP) is 5.79. The molecule has 1 atom stereocenters. The summed E-state index contributed by atoms with van der Waals surface area (Å²) >= 11 is 6.60. The number of anilines is 1. The Balaban J connectivity index is 1.46. The third-order valence-electron chi connectivity index (χ3n) is 7.93. The van der Waals surface area contributed by atoms with Gasteiger partial charge >= 0.3 is 12.1 Å². The highest BCUT2D eigenvalue weighted by molar-refractivity contribution is 6.36. The average molecular weight is 525 g/mol. The van der Waals surface area contributed by atoms with Crippen LogP contribution >= 0.6 is 11.6 Å². The van der Waals surface area contributed by atoms with Crippen LogP contribution in [0.2, 0.25) is 5.02 Å². The fourth-order valence-electron chi connectivity index (χ4n) is 5.84. The fraction of sp³-hybridized carbons (Fsp3) is 0.464. The first kappa shape index (κ1) is 25.4. The second-order valence-corrected chi connectivity index (χ2v) is 11.2. The van der Waals surface area contributed by atoms with Gasteiger partial charge in [0.05, 0.1) is 29.9 Å². The summed E-state index contributed by atoms with van der Waals surface area (Å²) in [4.78, 5) is 25.2. The topological polar surface area (TPSA) is 88.0 Å². The van der Waals surface area contributed by atoms with Crippen LogP contribution in [-0.4, -0.2) is 58.4 Å². The van der Waals surface area contributed by atoms with Gasteiger partial charge in [0.25, 0.3) is 0 Å². The second-order valence-electron chi connectivity index (χ2n) is 10.8. The Morgan fingerprint density at radius 1 is 1.16 bits per heavy atom. The number of methoxy groups -OCH3 is 1. The molecule has 0 unspecified atom stereocenters. The molecule has 1 saturated heterocycles. The molecule has 0 bridgehead atoms. The van der Waals surface area contributed by atoms with E-state index in [4.69, 9.17) is 26.1 Å². The highest BCUT2D eigenvalue weighted by atomic mass is 35.5. The highest BCUT2D eigenvalue weighted by Crippen LogP contribution is 2.44. The van der Waals surface area contributed by atoms with Gasteiger partial charge in [-0.3, -0.25) is 4.90 Å². The molecule has 3 heterocycles. The number of hydrogen-bond donors (Lipinski definition) is 1. The number of carboxylic acid groups (broad SMARTS) is 1. The molecule has 0 aliphatic carbocycles. The van der Waals surface area contributed by atoms with Crippen molar-refractivity contribution in [3.63, 3.8) is 0 Å². The summed E-state index contributed by atoms with van der Waals surface area (Å²) in [6.07, 6.45) is 1.31. The van der Waals surface area contributed by atoms with Crippen molar-refractivity contribution >= 4 is 34.2 Å². The number of amides is 1. The molecular weight excluding hydrogens is 492 g/mol. The normalized spacial score (nSPS) is 19.7. The molecule has 0 spiro atoms. The van der Waals surface area contributed by atoms with Crippen molar-refractivity contribution < 1.29 is 19.4 Å². The van der Waals surface area contributed by atoms with Crippen molar-refractivity contribution in [1.29, 1.82) is 0 Å². The first-order valence-corrected chi connectivity index (χ1v) is 13.0. The highest BCUT2D eigenvalue weighted by Gasteiger charge is 2.52. The van der Waals surface area contributed by atoms with E-state index in [1.807, 2.05) is 18.2 Å². The molecule has 0 radical (unpaired) electrons. The SMILES string of the molecule is COc1nc(OC[C@@]2(C(C)(C)C)CCCN2C(=O)O)nc2c1CCN(c1cccc3cccc(Cl)c13)C2. The van der Waals surface area contributed by atoms with E-state index in [0.717, 1.165) is 58.5 Å². The van der Waals surface area contributed by atoms with E-state index in [9.17, 15) is 9.90 Å². The number of nitrogens with zero attached hydrogens (tertiary/aromatic N) is 4. The van der Waals surface area contributed by atoms with Gasteiger partial charge in [-0.15, -0.1) is 0 Å². The third-order valence-corrected chi connectivity index (χ3v) is 8.24. The van der Waals surface area contributed by atoms with Gasteiger partial charge in [0, 0.05) is 29.7 Å². The zero-order valence-electron chi connectivity index (χ0n) is 21.8. The molecule has 2 aliphatic heterocycles. The molecule has 8 nitrogen and oxygen atoms in total. The van der Waals surface area contributed by atoms with Gasteiger partial charge in [-0.05, 0) is 42.2 Å². The number of hydrogen-bond acceptors (Lipinski definition) is 6. The monoisotopic (exact) mass is 524 g/mol. The van der Waals surface area contributed by atoms with Crippen molar-refractivity contribution in [2.75, 3.05) is 31.7 Å². The van der Waals surface area contributed by atoms with Crippen molar-refractivity contribution in [1.82, 2.24) is 14.9 Å². The minimum atomic E-state index is -0.927. The standard InChI is InChI=1S/C28H33ClN4O4/c1-27(2,3)28(13-7-14-33(28)26(34)35)17-37-25-30-21-16-32(15-12-19(21)24(31-25)36-4)22-11-6-9-18-8-5-10-20(29)23(18)22/h5-6,8-11H,7,12-17H2,1-4H3,(H,34,35)/t28-/m1/s1. The maximum absolute atomic E-state index is 12.1. The predicted molar refractivity (Wildman–Crippen MR) is 144 cm³/mol. The van der Waals surface area contributed by atoms with Crippen LogP contribution in [0, 0.1) is 5.41 Å². The number of carbonyl (C=O) groups is 1. The van der Waals surface area contributed by atoms with Crippen molar-refractivity contribution in [3.05, 3.63) is 52.7 Å². The molecule has 1 N–H and O–H groups in total. The van der Waals surface area contributed by atoms with Gasteiger partial charge in [-0.1, -0.05) is 56.6 Å². The van der Waals surface area contributed by atoms with Crippen LogP contribution in [0.5, 0.6) is 11.9 Å². The van der Waals surface area contributed by atoms with Gasteiger partial charge in [-0.2, -0.15) is 9.97 Å². The molecule has 3 aromatic rings.